The fraction of sp³-hybridized carbons (Fsp3) is 0.455. The number of allylic oxidation sites excluding steroid dienone is 1. The number of hydrogen-bond donors (Lipinski definition) is 0. The number of nitrogens with zero attached hydrogens (tertiary/aromatic N) is 3. The third-order valence-corrected chi connectivity index (χ3v) is 2.05. The number of nitriles is 1. The quantitative estimate of drug-likeness (QED) is 0.668. The smallest absolute Gasteiger partial charge is 0.0621 e. The van der Waals surface area contributed by atoms with Gasteiger partial charge < -0.3 is 0 Å². The zero-order valence-corrected chi connectivity index (χ0v) is 8.53. The molecule has 0 aliphatic carbocycles. The molecule has 74 valence electrons. The van der Waals surface area contributed by atoms with E-state index in [2.05, 4.69) is 17.7 Å². The van der Waals surface area contributed by atoms with Crippen LogP contribution >= 0.6 is 0 Å². The van der Waals surface area contributed by atoms with Crippen LogP contribution in [-0.2, 0) is 6.54 Å². The van der Waals surface area contributed by atoms with E-state index < -0.39 is 0 Å². The maximum atomic E-state index is 8.36. The van der Waals surface area contributed by atoms with E-state index in [1.165, 1.54) is 0 Å². The van der Waals surface area contributed by atoms with E-state index in [-0.39, 0.29) is 0 Å². The lowest BCUT2D eigenvalue weighted by atomic mass is 10.2. The van der Waals surface area contributed by atoms with E-state index in [0.717, 1.165) is 30.5 Å². The van der Waals surface area contributed by atoms with Gasteiger partial charge in [-0.15, -0.1) is 0 Å². The number of hydrogen-bond acceptors (Lipinski definition) is 2. The highest BCUT2D eigenvalue weighted by Crippen LogP contribution is 2.09. The summed E-state index contributed by atoms with van der Waals surface area (Å²) in [7, 11) is 0. The summed E-state index contributed by atoms with van der Waals surface area (Å²) >= 11 is 0. The summed E-state index contributed by atoms with van der Waals surface area (Å²) in [4.78, 5) is 0. The molecule has 3 nitrogen and oxygen atoms in total. The van der Waals surface area contributed by atoms with Crippen LogP contribution in [0.25, 0.3) is 5.57 Å². The normalized spacial score (nSPS) is 9.71. The fourth-order valence-corrected chi connectivity index (χ4v) is 1.18. The molecule has 0 saturated carbocycles. The van der Waals surface area contributed by atoms with E-state index in [4.69, 9.17) is 5.26 Å². The Balaban J connectivity index is 2.37. The van der Waals surface area contributed by atoms with Crippen molar-refractivity contribution in [3.63, 3.8) is 0 Å². The average Bonchev–Trinajstić information content (AvgIpc) is 2.61. The first-order chi connectivity index (χ1) is 6.74. The van der Waals surface area contributed by atoms with Crippen molar-refractivity contribution >= 4 is 5.57 Å². The van der Waals surface area contributed by atoms with Crippen LogP contribution in [-0.4, -0.2) is 9.78 Å². The minimum atomic E-state index is 0.634. The molecule has 0 aliphatic heterocycles. The first kappa shape index (κ1) is 10.5. The Morgan fingerprint density at radius 1 is 1.64 bits per heavy atom. The predicted molar refractivity (Wildman–Crippen MR) is 56.4 cm³/mol. The average molecular weight is 189 g/mol. The summed E-state index contributed by atoms with van der Waals surface area (Å²) in [5.41, 5.74) is 2.12. The van der Waals surface area contributed by atoms with Gasteiger partial charge in [-0.1, -0.05) is 6.58 Å². The van der Waals surface area contributed by atoms with Crippen molar-refractivity contribution in [3.8, 4) is 6.07 Å². The van der Waals surface area contributed by atoms with Crippen LogP contribution in [0.5, 0.6) is 0 Å². The fourth-order valence-electron chi connectivity index (χ4n) is 1.18. The standard InChI is InChI=1S/C11H15N3/c1-10(2)11-8-13-14(9-11)7-5-3-4-6-12/h8-9H,1,3-5,7H2,2H3. The van der Waals surface area contributed by atoms with Crippen LogP contribution in [0.1, 0.15) is 31.7 Å². The zero-order chi connectivity index (χ0) is 10.4. The summed E-state index contributed by atoms with van der Waals surface area (Å²) < 4.78 is 1.90. The van der Waals surface area contributed by atoms with Crippen LogP contribution in [0.4, 0.5) is 0 Å². The minimum absolute atomic E-state index is 0.634. The molecule has 0 aliphatic rings. The lowest BCUT2D eigenvalue weighted by Crippen LogP contribution is -1.97. The molecule has 0 fully saturated rings. The maximum absolute atomic E-state index is 8.36. The van der Waals surface area contributed by atoms with Gasteiger partial charge in [0.05, 0.1) is 12.3 Å². The highest BCUT2D eigenvalue weighted by Gasteiger charge is 1.98. The van der Waals surface area contributed by atoms with E-state index in [1.807, 2.05) is 24.0 Å². The van der Waals surface area contributed by atoms with Gasteiger partial charge in [0.15, 0.2) is 0 Å². The van der Waals surface area contributed by atoms with Gasteiger partial charge in [0.1, 0.15) is 0 Å². The van der Waals surface area contributed by atoms with Gasteiger partial charge in [-0.05, 0) is 25.3 Å². The van der Waals surface area contributed by atoms with E-state index in [9.17, 15) is 0 Å². The summed E-state index contributed by atoms with van der Waals surface area (Å²) in [6, 6.07) is 2.13. The summed E-state index contributed by atoms with van der Waals surface area (Å²) in [6.45, 7) is 6.71. The minimum Gasteiger partial charge on any atom is -0.272 e. The molecule has 0 aromatic carbocycles. The number of rotatable bonds is 5. The Hall–Kier alpha value is -1.56. The molecule has 1 aromatic heterocycles. The van der Waals surface area contributed by atoms with Crippen molar-refractivity contribution in [3.05, 3.63) is 24.5 Å². The van der Waals surface area contributed by atoms with Gasteiger partial charge in [0, 0.05) is 24.7 Å². The summed E-state index contributed by atoms with van der Waals surface area (Å²) in [5, 5.41) is 12.6. The van der Waals surface area contributed by atoms with Crippen LogP contribution in [0.15, 0.2) is 19.0 Å². The van der Waals surface area contributed by atoms with E-state index in [1.54, 1.807) is 0 Å². The number of aromatic nitrogens is 2. The van der Waals surface area contributed by atoms with E-state index in [0.29, 0.717) is 6.42 Å². The second kappa shape index (κ2) is 5.23. The summed E-state index contributed by atoms with van der Waals surface area (Å²) in [6.07, 6.45) is 6.40. The van der Waals surface area contributed by atoms with Gasteiger partial charge in [-0.25, -0.2) is 0 Å². The first-order valence-corrected chi connectivity index (χ1v) is 4.79. The number of unbranched alkanes of at least 4 members (excludes halogenated alkanes) is 2. The first-order valence-electron chi connectivity index (χ1n) is 4.79. The molecule has 0 spiro atoms. The molecular formula is C11H15N3. The SMILES string of the molecule is C=C(C)c1cnn(CCCCC#N)c1. The molecule has 0 bridgehead atoms. The highest BCUT2D eigenvalue weighted by molar-refractivity contribution is 5.59. The topological polar surface area (TPSA) is 41.6 Å². The van der Waals surface area contributed by atoms with E-state index >= 15 is 0 Å². The molecule has 0 atom stereocenters. The summed E-state index contributed by atoms with van der Waals surface area (Å²) in [5.74, 6) is 0. The van der Waals surface area contributed by atoms with Gasteiger partial charge in [0.2, 0.25) is 0 Å². The highest BCUT2D eigenvalue weighted by atomic mass is 15.3. The molecule has 0 radical (unpaired) electrons. The Morgan fingerprint density at radius 3 is 3.00 bits per heavy atom. The van der Waals surface area contributed by atoms with Gasteiger partial charge in [0.25, 0.3) is 0 Å². The lowest BCUT2D eigenvalue weighted by Gasteiger charge is -1.98. The number of aryl methyl sites for hydroxylation is 1. The molecule has 3 heteroatoms. The largest absolute Gasteiger partial charge is 0.272 e. The third kappa shape index (κ3) is 3.06. The zero-order valence-electron chi connectivity index (χ0n) is 8.53. The molecular weight excluding hydrogens is 174 g/mol. The van der Waals surface area contributed by atoms with Crippen LogP contribution < -0.4 is 0 Å². The maximum Gasteiger partial charge on any atom is 0.0621 e. The van der Waals surface area contributed by atoms with Gasteiger partial charge in [-0.2, -0.15) is 10.4 Å². The van der Waals surface area contributed by atoms with Crippen molar-refractivity contribution in [1.82, 2.24) is 9.78 Å². The Morgan fingerprint density at radius 2 is 2.43 bits per heavy atom. The van der Waals surface area contributed by atoms with Crippen molar-refractivity contribution in [2.24, 2.45) is 0 Å². The van der Waals surface area contributed by atoms with Crippen molar-refractivity contribution in [1.29, 1.82) is 5.26 Å². The monoisotopic (exact) mass is 189 g/mol. The van der Waals surface area contributed by atoms with Crippen molar-refractivity contribution in [2.75, 3.05) is 0 Å². The molecule has 1 aromatic rings. The van der Waals surface area contributed by atoms with Crippen LogP contribution in [0, 0.1) is 11.3 Å². The van der Waals surface area contributed by atoms with Crippen molar-refractivity contribution < 1.29 is 0 Å². The van der Waals surface area contributed by atoms with Gasteiger partial charge >= 0.3 is 0 Å². The Kier molecular flexibility index (Phi) is 3.93. The Labute approximate surface area is 84.7 Å². The predicted octanol–water partition coefficient (Wildman–Crippen LogP) is 2.61. The van der Waals surface area contributed by atoms with Crippen LogP contribution in [0.3, 0.4) is 0 Å². The molecule has 0 N–H and O–H groups in total. The molecule has 0 unspecified atom stereocenters. The molecule has 0 amide bonds. The molecule has 14 heavy (non-hydrogen) atoms. The third-order valence-electron chi connectivity index (χ3n) is 2.05. The lowest BCUT2D eigenvalue weighted by molar-refractivity contribution is 0.562. The van der Waals surface area contributed by atoms with Gasteiger partial charge in [-0.3, -0.25) is 4.68 Å². The second-order valence-corrected chi connectivity index (χ2v) is 3.39. The molecule has 1 rings (SSSR count). The second-order valence-electron chi connectivity index (χ2n) is 3.39. The van der Waals surface area contributed by atoms with Crippen molar-refractivity contribution in [2.45, 2.75) is 32.7 Å². The Bertz CT molecular complexity index is 344. The van der Waals surface area contributed by atoms with Crippen LogP contribution in [0.2, 0.25) is 0 Å². The molecule has 1 heterocycles. The molecule has 0 saturated heterocycles.